The second-order valence-corrected chi connectivity index (χ2v) is 5.01. The number of hydrogen-bond donors (Lipinski definition) is 1. The molecule has 1 heterocycles. The molecule has 2 rings (SSSR count). The molecule has 0 radical (unpaired) electrons. The van der Waals surface area contributed by atoms with E-state index >= 15 is 0 Å². The first kappa shape index (κ1) is 11.7. The molecule has 1 saturated heterocycles. The number of nitrogens with zero attached hydrogens (tertiary/aromatic N) is 1. The first-order chi connectivity index (χ1) is 7.75. The highest BCUT2D eigenvalue weighted by molar-refractivity contribution is 5.74. The molecule has 92 valence electrons. The van der Waals surface area contributed by atoms with Gasteiger partial charge in [0.05, 0.1) is 13.2 Å². The van der Waals surface area contributed by atoms with Crippen molar-refractivity contribution < 1.29 is 9.53 Å². The maximum Gasteiger partial charge on any atom is 0.317 e. The molecule has 1 saturated carbocycles. The van der Waals surface area contributed by atoms with E-state index in [-0.39, 0.29) is 6.03 Å². The van der Waals surface area contributed by atoms with Crippen LogP contribution in [0.1, 0.15) is 32.6 Å². The molecule has 0 unspecified atom stereocenters. The molecule has 0 atom stereocenters. The van der Waals surface area contributed by atoms with Crippen LogP contribution in [0, 0.1) is 5.92 Å². The molecular formula is C12H22N2O2. The lowest BCUT2D eigenvalue weighted by molar-refractivity contribution is 0.0520. The third-order valence-electron chi connectivity index (χ3n) is 3.64. The van der Waals surface area contributed by atoms with Crippen molar-refractivity contribution in [3.05, 3.63) is 0 Å². The molecule has 0 aromatic carbocycles. The van der Waals surface area contributed by atoms with E-state index in [1.807, 2.05) is 4.90 Å². The summed E-state index contributed by atoms with van der Waals surface area (Å²) in [6.07, 6.45) is 4.76. The molecule has 16 heavy (non-hydrogen) atoms. The van der Waals surface area contributed by atoms with Gasteiger partial charge in [0.2, 0.25) is 0 Å². The predicted molar refractivity (Wildman–Crippen MR) is 62.3 cm³/mol. The fourth-order valence-electron chi connectivity index (χ4n) is 2.44. The van der Waals surface area contributed by atoms with Gasteiger partial charge in [-0.15, -0.1) is 0 Å². The van der Waals surface area contributed by atoms with Gasteiger partial charge in [0.1, 0.15) is 0 Å². The topological polar surface area (TPSA) is 41.6 Å². The number of morpholine rings is 1. The first-order valence-corrected chi connectivity index (χ1v) is 6.39. The highest BCUT2D eigenvalue weighted by Crippen LogP contribution is 2.23. The van der Waals surface area contributed by atoms with E-state index in [0.29, 0.717) is 19.3 Å². The van der Waals surface area contributed by atoms with Crippen molar-refractivity contribution in [3.63, 3.8) is 0 Å². The average molecular weight is 226 g/mol. The number of carbonyl (C=O) groups is 1. The molecule has 4 heteroatoms. The van der Waals surface area contributed by atoms with Crippen LogP contribution >= 0.6 is 0 Å². The third-order valence-corrected chi connectivity index (χ3v) is 3.64. The van der Waals surface area contributed by atoms with Crippen LogP contribution in [0.4, 0.5) is 4.79 Å². The van der Waals surface area contributed by atoms with E-state index in [1.54, 1.807) is 0 Å². The predicted octanol–water partition coefficient (Wildman–Crippen LogP) is 1.61. The third kappa shape index (κ3) is 3.11. The Kier molecular flexibility index (Phi) is 4.04. The van der Waals surface area contributed by atoms with Crippen molar-refractivity contribution in [2.75, 3.05) is 26.3 Å². The van der Waals surface area contributed by atoms with E-state index in [1.165, 1.54) is 12.8 Å². The first-order valence-electron chi connectivity index (χ1n) is 6.39. The fourth-order valence-corrected chi connectivity index (χ4v) is 2.44. The van der Waals surface area contributed by atoms with Gasteiger partial charge in [0.15, 0.2) is 0 Å². The number of amides is 2. The van der Waals surface area contributed by atoms with Crippen LogP contribution in [-0.2, 0) is 4.74 Å². The molecule has 1 N–H and O–H groups in total. The molecule has 0 aromatic heterocycles. The summed E-state index contributed by atoms with van der Waals surface area (Å²) in [4.78, 5) is 13.8. The highest BCUT2D eigenvalue weighted by atomic mass is 16.5. The fraction of sp³-hybridized carbons (Fsp3) is 0.917. The average Bonchev–Trinajstić information content (AvgIpc) is 2.33. The zero-order valence-electron chi connectivity index (χ0n) is 10.1. The Bertz CT molecular complexity index is 231. The monoisotopic (exact) mass is 226 g/mol. The normalized spacial score (nSPS) is 31.2. The van der Waals surface area contributed by atoms with Gasteiger partial charge < -0.3 is 15.0 Å². The van der Waals surface area contributed by atoms with Crippen LogP contribution in [0.25, 0.3) is 0 Å². The minimum Gasteiger partial charge on any atom is -0.378 e. The number of rotatable bonds is 1. The number of urea groups is 1. The van der Waals surface area contributed by atoms with E-state index in [2.05, 4.69) is 12.2 Å². The summed E-state index contributed by atoms with van der Waals surface area (Å²) in [5.74, 6) is 0.830. The van der Waals surface area contributed by atoms with Crippen molar-refractivity contribution in [2.24, 2.45) is 5.92 Å². The minimum absolute atomic E-state index is 0.0999. The molecule has 2 fully saturated rings. The number of nitrogens with one attached hydrogen (secondary N) is 1. The molecule has 2 amide bonds. The van der Waals surface area contributed by atoms with Crippen molar-refractivity contribution in [3.8, 4) is 0 Å². The second kappa shape index (κ2) is 5.53. The van der Waals surface area contributed by atoms with Crippen LogP contribution < -0.4 is 5.32 Å². The Balaban J connectivity index is 1.73. The zero-order chi connectivity index (χ0) is 11.4. The standard InChI is InChI=1S/C12H22N2O2/c1-10-2-4-11(5-3-10)13-12(15)14-6-8-16-9-7-14/h10-11H,2-9H2,1H3,(H,13,15). The Morgan fingerprint density at radius 1 is 1.19 bits per heavy atom. The largest absolute Gasteiger partial charge is 0.378 e. The highest BCUT2D eigenvalue weighted by Gasteiger charge is 2.23. The van der Waals surface area contributed by atoms with E-state index < -0.39 is 0 Å². The molecular weight excluding hydrogens is 204 g/mol. The van der Waals surface area contributed by atoms with Gasteiger partial charge in [-0.2, -0.15) is 0 Å². The van der Waals surface area contributed by atoms with Gasteiger partial charge in [0.25, 0.3) is 0 Å². The van der Waals surface area contributed by atoms with Gasteiger partial charge >= 0.3 is 6.03 Å². The Morgan fingerprint density at radius 2 is 1.81 bits per heavy atom. The lowest BCUT2D eigenvalue weighted by Crippen LogP contribution is -2.49. The molecule has 0 bridgehead atoms. The molecule has 0 spiro atoms. The van der Waals surface area contributed by atoms with Crippen LogP contribution in [0.2, 0.25) is 0 Å². The molecule has 4 nitrogen and oxygen atoms in total. The van der Waals surface area contributed by atoms with Crippen LogP contribution in [0.15, 0.2) is 0 Å². The summed E-state index contributed by atoms with van der Waals surface area (Å²) in [5.41, 5.74) is 0. The van der Waals surface area contributed by atoms with Crippen LogP contribution in [0.5, 0.6) is 0 Å². The Hall–Kier alpha value is -0.770. The maximum absolute atomic E-state index is 11.9. The van der Waals surface area contributed by atoms with Crippen molar-refractivity contribution >= 4 is 6.03 Å². The van der Waals surface area contributed by atoms with Gasteiger partial charge in [0, 0.05) is 19.1 Å². The summed E-state index contributed by atoms with van der Waals surface area (Å²) < 4.78 is 5.23. The quantitative estimate of drug-likeness (QED) is 0.738. The SMILES string of the molecule is CC1CCC(NC(=O)N2CCOCC2)CC1. The number of carbonyl (C=O) groups excluding carboxylic acids is 1. The van der Waals surface area contributed by atoms with Gasteiger partial charge in [-0.1, -0.05) is 6.92 Å². The summed E-state index contributed by atoms with van der Waals surface area (Å²) >= 11 is 0. The lowest BCUT2D eigenvalue weighted by Gasteiger charge is -2.31. The second-order valence-electron chi connectivity index (χ2n) is 5.01. The van der Waals surface area contributed by atoms with E-state index in [4.69, 9.17) is 4.74 Å². The van der Waals surface area contributed by atoms with Gasteiger partial charge in [-0.3, -0.25) is 0 Å². The lowest BCUT2D eigenvalue weighted by atomic mass is 9.87. The smallest absolute Gasteiger partial charge is 0.317 e. The summed E-state index contributed by atoms with van der Waals surface area (Å²) in [7, 11) is 0. The van der Waals surface area contributed by atoms with Crippen LogP contribution in [0.3, 0.4) is 0 Å². The summed E-state index contributed by atoms with van der Waals surface area (Å²) in [6, 6.07) is 0.495. The molecule has 0 aromatic rings. The molecule has 2 aliphatic rings. The van der Waals surface area contributed by atoms with Crippen molar-refractivity contribution in [1.82, 2.24) is 10.2 Å². The number of ether oxygens (including phenoxy) is 1. The van der Waals surface area contributed by atoms with Crippen molar-refractivity contribution in [2.45, 2.75) is 38.6 Å². The van der Waals surface area contributed by atoms with Gasteiger partial charge in [-0.25, -0.2) is 4.79 Å². The maximum atomic E-state index is 11.9. The summed E-state index contributed by atoms with van der Waals surface area (Å²) in [5, 5.41) is 3.14. The minimum atomic E-state index is 0.0999. The van der Waals surface area contributed by atoms with E-state index in [0.717, 1.165) is 31.8 Å². The Morgan fingerprint density at radius 3 is 2.44 bits per heavy atom. The number of hydrogen-bond acceptors (Lipinski definition) is 2. The van der Waals surface area contributed by atoms with E-state index in [9.17, 15) is 4.79 Å². The molecule has 1 aliphatic heterocycles. The summed E-state index contributed by atoms with van der Waals surface area (Å²) in [6.45, 7) is 5.11. The Labute approximate surface area is 97.3 Å². The van der Waals surface area contributed by atoms with Crippen molar-refractivity contribution in [1.29, 1.82) is 0 Å². The zero-order valence-corrected chi connectivity index (χ0v) is 10.1. The van der Waals surface area contributed by atoms with Gasteiger partial charge in [-0.05, 0) is 31.6 Å². The van der Waals surface area contributed by atoms with Crippen LogP contribution in [-0.4, -0.2) is 43.3 Å². The molecule has 1 aliphatic carbocycles.